The van der Waals surface area contributed by atoms with Gasteiger partial charge in [-0.15, -0.1) is 0 Å². The van der Waals surface area contributed by atoms with Crippen LogP contribution in [0.2, 0.25) is 0 Å². The van der Waals surface area contributed by atoms with Crippen LogP contribution in [0.1, 0.15) is 20.3 Å². The fraction of sp³-hybridized carbons (Fsp3) is 1.00. The van der Waals surface area contributed by atoms with Gasteiger partial charge in [0, 0.05) is 0 Å². The Balaban J connectivity index is 3.24. The Morgan fingerprint density at radius 1 is 1.88 bits per heavy atom. The molecule has 3 nitrogen and oxygen atoms in total. The second kappa shape index (κ2) is 3.60. The van der Waals surface area contributed by atoms with Gasteiger partial charge in [-0.25, -0.2) is 0 Å². The van der Waals surface area contributed by atoms with Crippen LogP contribution in [-0.2, 0) is 8.89 Å². The highest BCUT2D eigenvalue weighted by Gasteiger charge is 2.07. The minimum atomic E-state index is -2.70. The molecule has 0 saturated carbocycles. The Bertz CT molecular complexity index is 83.4. The van der Waals surface area contributed by atoms with Gasteiger partial charge in [-0.1, -0.05) is 6.92 Å². The molecule has 0 aliphatic rings. The maximum absolute atomic E-state index is 9.93. The fourth-order valence-electron chi connectivity index (χ4n) is 0.255. The Morgan fingerprint density at radius 2 is 2.38 bits per heavy atom. The summed E-state index contributed by atoms with van der Waals surface area (Å²) in [6.07, 6.45) is 0.683. The molecule has 8 heavy (non-hydrogen) atoms. The molecular formula is C4H10O3Si. The Labute approximate surface area is 50.2 Å². The van der Waals surface area contributed by atoms with Crippen molar-refractivity contribution in [3.8, 4) is 0 Å². The summed E-state index contributed by atoms with van der Waals surface area (Å²) >= 11 is 0. The van der Waals surface area contributed by atoms with Gasteiger partial charge in [0.15, 0.2) is 0 Å². The highest BCUT2D eigenvalue weighted by atomic mass is 28.3. The first-order chi connectivity index (χ1) is 3.66. The van der Waals surface area contributed by atoms with Crippen LogP contribution in [0.4, 0.5) is 0 Å². The SMILES string of the molecule is CCC(C)O[Si](=O)O. The highest BCUT2D eigenvalue weighted by molar-refractivity contribution is 6.24. The Morgan fingerprint density at radius 3 is 2.50 bits per heavy atom. The van der Waals surface area contributed by atoms with Crippen molar-refractivity contribution in [3.05, 3.63) is 0 Å². The van der Waals surface area contributed by atoms with Gasteiger partial charge in [-0.2, -0.15) is 0 Å². The molecule has 0 radical (unpaired) electrons. The van der Waals surface area contributed by atoms with Gasteiger partial charge in [0.25, 0.3) is 0 Å². The highest BCUT2D eigenvalue weighted by Crippen LogP contribution is 1.92. The van der Waals surface area contributed by atoms with Gasteiger partial charge >= 0.3 is 9.17 Å². The molecule has 0 amide bonds. The quantitative estimate of drug-likeness (QED) is 0.561. The monoisotopic (exact) mass is 134 g/mol. The lowest BCUT2D eigenvalue weighted by molar-refractivity contribution is 0.157. The molecule has 0 rings (SSSR count). The Kier molecular flexibility index (Phi) is 3.43. The molecule has 0 heterocycles. The van der Waals surface area contributed by atoms with E-state index in [0.717, 1.165) is 6.42 Å². The maximum Gasteiger partial charge on any atom is 0.764 e. The third-order valence-electron chi connectivity index (χ3n) is 0.877. The first-order valence-corrected chi connectivity index (χ1v) is 3.82. The van der Waals surface area contributed by atoms with Crippen molar-refractivity contribution in [1.29, 1.82) is 0 Å². The molecule has 0 fully saturated rings. The van der Waals surface area contributed by atoms with E-state index in [1.54, 1.807) is 6.92 Å². The molecule has 0 aromatic rings. The van der Waals surface area contributed by atoms with Crippen LogP contribution >= 0.6 is 0 Å². The molecule has 0 bridgehead atoms. The van der Waals surface area contributed by atoms with Crippen LogP contribution in [0.15, 0.2) is 0 Å². The topological polar surface area (TPSA) is 46.5 Å². The molecule has 0 spiro atoms. The fourth-order valence-corrected chi connectivity index (χ4v) is 0.766. The number of hydrogen-bond donors (Lipinski definition) is 1. The molecule has 1 N–H and O–H groups in total. The summed E-state index contributed by atoms with van der Waals surface area (Å²) in [6, 6.07) is 0. The second-order valence-corrected chi connectivity index (χ2v) is 2.37. The standard InChI is InChI=1S/C4H10O3Si/c1-3-4(2)7-8(5)6/h4-5H,3H2,1-2H3. The van der Waals surface area contributed by atoms with Crippen molar-refractivity contribution in [2.24, 2.45) is 0 Å². The summed E-state index contributed by atoms with van der Waals surface area (Å²) in [5.74, 6) is 0. The number of rotatable bonds is 3. The lowest BCUT2D eigenvalue weighted by Gasteiger charge is -2.05. The summed E-state index contributed by atoms with van der Waals surface area (Å²) in [6.45, 7) is 3.66. The van der Waals surface area contributed by atoms with Gasteiger partial charge in [-0.05, 0) is 13.3 Å². The summed E-state index contributed by atoms with van der Waals surface area (Å²) in [4.78, 5) is 8.18. The van der Waals surface area contributed by atoms with Gasteiger partial charge in [0.05, 0.1) is 6.10 Å². The largest absolute Gasteiger partial charge is 0.764 e. The second-order valence-electron chi connectivity index (χ2n) is 1.60. The van der Waals surface area contributed by atoms with E-state index in [1.165, 1.54) is 0 Å². The minimum absolute atomic E-state index is 0.0913. The zero-order valence-electron chi connectivity index (χ0n) is 5.05. The van der Waals surface area contributed by atoms with E-state index in [2.05, 4.69) is 4.43 Å². The zero-order chi connectivity index (χ0) is 6.57. The number of hydrogen-bond acceptors (Lipinski definition) is 2. The van der Waals surface area contributed by atoms with Gasteiger partial charge in [-0.3, -0.25) is 4.46 Å². The van der Waals surface area contributed by atoms with Crippen molar-refractivity contribution in [2.45, 2.75) is 26.4 Å². The van der Waals surface area contributed by atoms with Crippen molar-refractivity contribution < 1.29 is 13.7 Å². The normalized spacial score (nSPS) is 12.8. The van der Waals surface area contributed by atoms with E-state index >= 15 is 0 Å². The van der Waals surface area contributed by atoms with Crippen LogP contribution in [0, 0.1) is 0 Å². The predicted molar refractivity (Wildman–Crippen MR) is 29.5 cm³/mol. The molecular weight excluding hydrogens is 124 g/mol. The van der Waals surface area contributed by atoms with Crippen LogP contribution < -0.4 is 0 Å². The average Bonchev–Trinajstić information content (AvgIpc) is 1.65. The first kappa shape index (κ1) is 7.62. The van der Waals surface area contributed by atoms with Crippen LogP contribution in [-0.4, -0.2) is 20.1 Å². The average molecular weight is 134 g/mol. The summed E-state index contributed by atoms with van der Waals surface area (Å²) in [5.41, 5.74) is 0. The third-order valence-corrected chi connectivity index (χ3v) is 1.48. The lowest BCUT2D eigenvalue weighted by atomic mass is 10.3. The van der Waals surface area contributed by atoms with E-state index in [-0.39, 0.29) is 6.10 Å². The smallest absolute Gasteiger partial charge is 0.511 e. The predicted octanol–water partition coefficient (Wildman–Crippen LogP) is 0.209. The van der Waals surface area contributed by atoms with Crippen molar-refractivity contribution in [1.82, 2.24) is 0 Å². The molecule has 4 heteroatoms. The molecule has 1 atom stereocenters. The molecule has 48 valence electrons. The summed E-state index contributed by atoms with van der Waals surface area (Å²) in [5, 5.41) is 0. The van der Waals surface area contributed by atoms with Gasteiger partial charge in [0.2, 0.25) is 0 Å². The molecule has 0 saturated heterocycles. The van der Waals surface area contributed by atoms with E-state index in [9.17, 15) is 4.46 Å². The molecule has 0 aliphatic carbocycles. The van der Waals surface area contributed by atoms with E-state index in [0.29, 0.717) is 0 Å². The van der Waals surface area contributed by atoms with Crippen molar-refractivity contribution in [3.63, 3.8) is 0 Å². The summed E-state index contributed by atoms with van der Waals surface area (Å²) < 4.78 is 14.4. The van der Waals surface area contributed by atoms with E-state index in [1.807, 2.05) is 6.92 Å². The molecule has 1 unspecified atom stereocenters. The zero-order valence-corrected chi connectivity index (χ0v) is 6.05. The van der Waals surface area contributed by atoms with Crippen molar-refractivity contribution >= 4 is 9.17 Å². The molecule has 0 aromatic heterocycles. The third kappa shape index (κ3) is 3.79. The summed E-state index contributed by atoms with van der Waals surface area (Å²) in [7, 11) is -2.70. The first-order valence-electron chi connectivity index (χ1n) is 2.56. The maximum atomic E-state index is 9.93. The minimum Gasteiger partial charge on any atom is -0.511 e. The van der Waals surface area contributed by atoms with E-state index in [4.69, 9.17) is 4.80 Å². The molecule has 0 aromatic carbocycles. The van der Waals surface area contributed by atoms with Gasteiger partial charge < -0.3 is 9.22 Å². The van der Waals surface area contributed by atoms with Crippen molar-refractivity contribution in [2.75, 3.05) is 0 Å². The molecule has 0 aliphatic heterocycles. The Hall–Kier alpha value is -0.383. The lowest BCUT2D eigenvalue weighted by Crippen LogP contribution is -2.14. The van der Waals surface area contributed by atoms with Crippen LogP contribution in [0.5, 0.6) is 0 Å². The van der Waals surface area contributed by atoms with Crippen LogP contribution in [0.25, 0.3) is 0 Å². The van der Waals surface area contributed by atoms with Crippen LogP contribution in [0.3, 0.4) is 0 Å². The van der Waals surface area contributed by atoms with E-state index < -0.39 is 9.17 Å². The van der Waals surface area contributed by atoms with Gasteiger partial charge in [0.1, 0.15) is 0 Å².